The van der Waals surface area contributed by atoms with Crippen molar-refractivity contribution in [3.8, 4) is 5.75 Å². The maximum absolute atomic E-state index is 12.9. The largest absolute Gasteiger partial charge is 0.497 e. The monoisotopic (exact) mass is 461 g/mol. The molecule has 0 aliphatic heterocycles. The van der Waals surface area contributed by atoms with E-state index in [0.29, 0.717) is 30.3 Å². The number of aromatic amines is 1. The van der Waals surface area contributed by atoms with Crippen molar-refractivity contribution < 1.29 is 9.15 Å². The van der Waals surface area contributed by atoms with Crippen LogP contribution in [0, 0.1) is 13.8 Å². The van der Waals surface area contributed by atoms with Crippen LogP contribution < -0.4 is 15.6 Å². The zero-order valence-corrected chi connectivity index (χ0v) is 19.8. The molecule has 6 nitrogen and oxygen atoms in total. The van der Waals surface area contributed by atoms with Crippen LogP contribution >= 0.6 is 12.2 Å². The summed E-state index contributed by atoms with van der Waals surface area (Å²) in [5, 5.41) is 4.83. The summed E-state index contributed by atoms with van der Waals surface area (Å²) >= 11 is 5.71. The Bertz CT molecular complexity index is 1310. The lowest BCUT2D eigenvalue weighted by Gasteiger charge is -2.26. The van der Waals surface area contributed by atoms with Crippen LogP contribution in [-0.2, 0) is 19.6 Å². The number of H-pyrrole nitrogens is 1. The van der Waals surface area contributed by atoms with Crippen molar-refractivity contribution in [3.63, 3.8) is 0 Å². The average molecular weight is 462 g/mol. The number of nitrogens with one attached hydrogen (secondary N) is 2. The summed E-state index contributed by atoms with van der Waals surface area (Å²) in [6, 6.07) is 17.7. The minimum Gasteiger partial charge on any atom is -0.497 e. The summed E-state index contributed by atoms with van der Waals surface area (Å²) in [5.41, 5.74) is 4.70. The molecule has 0 aliphatic carbocycles. The number of benzene rings is 2. The van der Waals surface area contributed by atoms with Crippen molar-refractivity contribution in [3.05, 3.63) is 99.2 Å². The van der Waals surface area contributed by atoms with E-state index in [0.717, 1.165) is 39.1 Å². The molecule has 0 saturated carbocycles. The number of nitrogens with zero attached hydrogens (tertiary/aromatic N) is 1. The third kappa shape index (κ3) is 5.43. The van der Waals surface area contributed by atoms with E-state index < -0.39 is 0 Å². The number of rotatable bonds is 7. The highest BCUT2D eigenvalue weighted by Gasteiger charge is 2.15. The van der Waals surface area contributed by atoms with Gasteiger partial charge < -0.3 is 24.4 Å². The highest BCUT2D eigenvalue weighted by Crippen LogP contribution is 2.20. The summed E-state index contributed by atoms with van der Waals surface area (Å²) in [5.74, 6) is 1.58. The molecule has 2 heterocycles. The van der Waals surface area contributed by atoms with Crippen LogP contribution in [0.4, 0.5) is 0 Å². The molecule has 0 aliphatic rings. The Kier molecular flexibility index (Phi) is 6.79. The van der Waals surface area contributed by atoms with Gasteiger partial charge in [-0.25, -0.2) is 0 Å². The fraction of sp³-hybridized carbons (Fsp3) is 0.231. The Balaban J connectivity index is 1.62. The van der Waals surface area contributed by atoms with E-state index in [-0.39, 0.29) is 5.56 Å². The molecule has 4 rings (SSSR count). The minimum absolute atomic E-state index is 0.110. The van der Waals surface area contributed by atoms with Crippen molar-refractivity contribution in [2.75, 3.05) is 7.11 Å². The number of pyridine rings is 1. The van der Waals surface area contributed by atoms with Crippen molar-refractivity contribution in [2.24, 2.45) is 0 Å². The highest BCUT2D eigenvalue weighted by molar-refractivity contribution is 7.80. The maximum atomic E-state index is 12.9. The second-order valence-electron chi connectivity index (χ2n) is 8.11. The molecule has 170 valence electrons. The van der Waals surface area contributed by atoms with Gasteiger partial charge in [0.05, 0.1) is 26.5 Å². The number of furan rings is 1. The van der Waals surface area contributed by atoms with Crippen molar-refractivity contribution in [1.82, 2.24) is 15.2 Å². The second kappa shape index (κ2) is 9.92. The third-order valence-corrected chi connectivity index (χ3v) is 5.97. The van der Waals surface area contributed by atoms with Gasteiger partial charge in [-0.15, -0.1) is 0 Å². The first kappa shape index (κ1) is 22.6. The van der Waals surface area contributed by atoms with E-state index in [1.807, 2.05) is 60.4 Å². The highest BCUT2D eigenvalue weighted by atomic mass is 32.1. The fourth-order valence-electron chi connectivity index (χ4n) is 3.88. The Labute approximate surface area is 198 Å². The van der Waals surface area contributed by atoms with Gasteiger partial charge in [-0.05, 0) is 79.2 Å². The molecule has 0 unspecified atom stereocenters. The number of aromatic nitrogens is 1. The Morgan fingerprint density at radius 3 is 2.61 bits per heavy atom. The third-order valence-electron chi connectivity index (χ3n) is 5.56. The van der Waals surface area contributed by atoms with Gasteiger partial charge in [0.25, 0.3) is 5.56 Å². The molecule has 0 bridgehead atoms. The van der Waals surface area contributed by atoms with E-state index in [1.54, 1.807) is 13.4 Å². The average Bonchev–Trinajstić information content (AvgIpc) is 3.32. The van der Waals surface area contributed by atoms with Crippen LogP contribution in [-0.4, -0.2) is 22.1 Å². The first-order valence-corrected chi connectivity index (χ1v) is 11.1. The van der Waals surface area contributed by atoms with Crippen LogP contribution in [0.25, 0.3) is 10.9 Å². The number of aryl methyl sites for hydroxylation is 2. The lowest BCUT2D eigenvalue weighted by Crippen LogP contribution is -2.39. The predicted octanol–water partition coefficient (Wildman–Crippen LogP) is 4.82. The van der Waals surface area contributed by atoms with Gasteiger partial charge >= 0.3 is 0 Å². The molecule has 0 spiro atoms. The van der Waals surface area contributed by atoms with E-state index >= 15 is 0 Å². The molecule has 2 aromatic carbocycles. The normalized spacial score (nSPS) is 10.9. The number of ether oxygens (including phenoxy) is 1. The van der Waals surface area contributed by atoms with Crippen molar-refractivity contribution >= 4 is 28.2 Å². The topological polar surface area (TPSA) is 70.5 Å². The molecule has 0 saturated heterocycles. The molecule has 0 radical (unpaired) electrons. The van der Waals surface area contributed by atoms with E-state index in [4.69, 9.17) is 21.4 Å². The summed E-state index contributed by atoms with van der Waals surface area (Å²) in [7, 11) is 1.64. The lowest BCUT2D eigenvalue weighted by atomic mass is 10.0. The SMILES string of the molecule is COc1ccc(CN(Cc2cc3c(C)cc(C)cc3[nH]c2=O)C(=S)NCc2ccco2)cc1. The summed E-state index contributed by atoms with van der Waals surface area (Å²) in [6.45, 7) is 5.46. The van der Waals surface area contributed by atoms with E-state index in [2.05, 4.69) is 23.3 Å². The Morgan fingerprint density at radius 2 is 1.91 bits per heavy atom. The van der Waals surface area contributed by atoms with Gasteiger partial charge in [-0.3, -0.25) is 4.79 Å². The zero-order valence-electron chi connectivity index (χ0n) is 19.0. The number of hydrogen-bond donors (Lipinski definition) is 2. The second-order valence-corrected chi connectivity index (χ2v) is 8.50. The van der Waals surface area contributed by atoms with Crippen LogP contribution in [0.15, 0.2) is 70.1 Å². The minimum atomic E-state index is -0.110. The van der Waals surface area contributed by atoms with Gasteiger partial charge in [0, 0.05) is 23.0 Å². The van der Waals surface area contributed by atoms with Crippen molar-refractivity contribution in [1.29, 1.82) is 0 Å². The maximum Gasteiger partial charge on any atom is 0.253 e. The number of fused-ring (bicyclic) bond motifs is 1. The fourth-order valence-corrected chi connectivity index (χ4v) is 4.08. The number of thiocarbonyl (C=S) groups is 1. The molecular weight excluding hydrogens is 434 g/mol. The van der Waals surface area contributed by atoms with Crippen molar-refractivity contribution in [2.45, 2.75) is 33.5 Å². The van der Waals surface area contributed by atoms with Crippen LogP contribution in [0.3, 0.4) is 0 Å². The Hall–Kier alpha value is -3.58. The lowest BCUT2D eigenvalue weighted by molar-refractivity contribution is 0.391. The van der Waals surface area contributed by atoms with Gasteiger partial charge in [-0.2, -0.15) is 0 Å². The van der Waals surface area contributed by atoms with Gasteiger partial charge in [-0.1, -0.05) is 18.2 Å². The summed E-state index contributed by atoms with van der Waals surface area (Å²) in [4.78, 5) is 17.9. The van der Waals surface area contributed by atoms with E-state index in [1.165, 1.54) is 0 Å². The summed E-state index contributed by atoms with van der Waals surface area (Å²) in [6.07, 6.45) is 1.63. The van der Waals surface area contributed by atoms with Gasteiger partial charge in [0.15, 0.2) is 5.11 Å². The van der Waals surface area contributed by atoms with Crippen LogP contribution in [0.2, 0.25) is 0 Å². The molecule has 0 atom stereocenters. The van der Waals surface area contributed by atoms with Crippen LogP contribution in [0.5, 0.6) is 5.75 Å². The summed E-state index contributed by atoms with van der Waals surface area (Å²) < 4.78 is 10.7. The zero-order chi connectivity index (χ0) is 23.4. The molecule has 0 fully saturated rings. The standard InChI is InChI=1S/C26H27N3O3S/c1-17-11-18(2)23-13-20(25(30)28-24(23)12-17)16-29(15-19-6-8-21(31-3)9-7-19)26(33)27-14-22-5-4-10-32-22/h4-13H,14-16H2,1-3H3,(H,27,33)(H,28,30). The molecule has 7 heteroatoms. The predicted molar refractivity (Wildman–Crippen MR) is 134 cm³/mol. The van der Waals surface area contributed by atoms with Gasteiger partial charge in [0.1, 0.15) is 11.5 Å². The van der Waals surface area contributed by atoms with E-state index in [9.17, 15) is 4.79 Å². The molecule has 2 aromatic heterocycles. The number of methoxy groups -OCH3 is 1. The van der Waals surface area contributed by atoms with Crippen LogP contribution in [0.1, 0.15) is 28.0 Å². The molecule has 4 aromatic rings. The smallest absolute Gasteiger partial charge is 0.253 e. The Morgan fingerprint density at radius 1 is 1.12 bits per heavy atom. The molecule has 2 N–H and O–H groups in total. The quantitative estimate of drug-likeness (QED) is 0.385. The van der Waals surface area contributed by atoms with Gasteiger partial charge in [0.2, 0.25) is 0 Å². The first-order chi connectivity index (χ1) is 15.9. The molecule has 33 heavy (non-hydrogen) atoms. The molecule has 0 amide bonds. The first-order valence-electron chi connectivity index (χ1n) is 10.7. The number of hydrogen-bond acceptors (Lipinski definition) is 4. The molecular formula is C26H27N3O3S.